The number of nitrogens with zero attached hydrogens (tertiary/aromatic N) is 1. The number of hydrogen-bond donors (Lipinski definition) is 1. The zero-order valence-corrected chi connectivity index (χ0v) is 22.4. The van der Waals surface area contributed by atoms with Crippen LogP contribution in [0, 0.1) is 11.7 Å². The van der Waals surface area contributed by atoms with Crippen molar-refractivity contribution in [2.75, 3.05) is 12.3 Å². The van der Waals surface area contributed by atoms with Crippen LogP contribution in [0.25, 0.3) is 0 Å². The standard InChI is InChI=1S/C28H32F4N2O4S/c1-2-14-39(36,37)20-7-5-6-18(15-20)27(35)34-13-4-3-8-23(34)25-26(38-25)33-24(17-9-10-17)21-12-11-19(16-22(21)29)28(30,31)32/h5-7,11-12,15-17,23-26,33H,2-4,8-10,13-14H2,1H3/t23-,24-,25?,26?/m1/s1. The van der Waals surface area contributed by atoms with E-state index in [1.807, 2.05) is 0 Å². The van der Waals surface area contributed by atoms with Gasteiger partial charge in [-0.3, -0.25) is 10.1 Å². The first kappa shape index (κ1) is 28.0. The molecule has 1 aliphatic carbocycles. The molecule has 2 saturated heterocycles. The number of benzene rings is 2. The van der Waals surface area contributed by atoms with Gasteiger partial charge in [0, 0.05) is 23.7 Å². The van der Waals surface area contributed by atoms with Gasteiger partial charge in [0.15, 0.2) is 9.84 Å². The van der Waals surface area contributed by atoms with Crippen molar-refractivity contribution in [3.63, 3.8) is 0 Å². The lowest BCUT2D eigenvalue weighted by Gasteiger charge is -2.35. The van der Waals surface area contributed by atoms with Gasteiger partial charge in [0.25, 0.3) is 5.91 Å². The fourth-order valence-corrected chi connectivity index (χ4v) is 6.88. The summed E-state index contributed by atoms with van der Waals surface area (Å²) in [6, 6.07) is 8.00. The predicted molar refractivity (Wildman–Crippen MR) is 136 cm³/mol. The largest absolute Gasteiger partial charge is 0.416 e. The number of piperidine rings is 1. The molecule has 2 aromatic carbocycles. The Morgan fingerprint density at radius 2 is 1.90 bits per heavy atom. The lowest BCUT2D eigenvalue weighted by Crippen LogP contribution is -2.48. The molecule has 2 heterocycles. The average Bonchev–Trinajstić information content (AvgIpc) is 3.82. The SMILES string of the molecule is CCCS(=O)(=O)c1cccc(C(=O)N2CCCC[C@@H]2C2OC2N[C@@H](c2ccc(C(F)(F)F)cc2F)C2CC2)c1. The maximum Gasteiger partial charge on any atom is 0.416 e. The van der Waals surface area contributed by atoms with Crippen LogP contribution in [0.3, 0.4) is 0 Å². The van der Waals surface area contributed by atoms with Crippen LogP contribution in [0.15, 0.2) is 47.4 Å². The third-order valence-electron chi connectivity index (χ3n) is 7.73. The molecule has 5 rings (SSSR count). The second-order valence-electron chi connectivity index (χ2n) is 10.6. The Hall–Kier alpha value is -2.50. The zero-order chi connectivity index (χ0) is 27.9. The topological polar surface area (TPSA) is 79.0 Å². The Morgan fingerprint density at radius 3 is 2.56 bits per heavy atom. The van der Waals surface area contributed by atoms with E-state index in [2.05, 4.69) is 5.32 Å². The Balaban J connectivity index is 1.30. The highest BCUT2D eigenvalue weighted by Gasteiger charge is 2.51. The van der Waals surface area contributed by atoms with Gasteiger partial charge < -0.3 is 9.64 Å². The summed E-state index contributed by atoms with van der Waals surface area (Å²) in [4.78, 5) is 15.4. The summed E-state index contributed by atoms with van der Waals surface area (Å²) in [6.07, 6.45) is -0.892. The van der Waals surface area contributed by atoms with E-state index in [0.717, 1.165) is 31.7 Å². The van der Waals surface area contributed by atoms with Crippen molar-refractivity contribution in [1.29, 1.82) is 0 Å². The van der Waals surface area contributed by atoms with Crippen molar-refractivity contribution in [3.05, 3.63) is 65.0 Å². The van der Waals surface area contributed by atoms with Crippen molar-refractivity contribution in [2.24, 2.45) is 5.92 Å². The van der Waals surface area contributed by atoms with E-state index >= 15 is 0 Å². The minimum absolute atomic E-state index is 0.00192. The lowest BCUT2D eigenvalue weighted by atomic mass is 9.96. The van der Waals surface area contributed by atoms with E-state index in [1.54, 1.807) is 24.0 Å². The molecule has 0 spiro atoms. The maximum atomic E-state index is 14.8. The van der Waals surface area contributed by atoms with Crippen LogP contribution >= 0.6 is 0 Å². The van der Waals surface area contributed by atoms with E-state index in [4.69, 9.17) is 4.74 Å². The van der Waals surface area contributed by atoms with Gasteiger partial charge in [-0.25, -0.2) is 12.8 Å². The quantitative estimate of drug-likeness (QED) is 0.320. The molecule has 0 radical (unpaired) electrons. The number of nitrogens with one attached hydrogen (secondary N) is 1. The minimum Gasteiger partial charge on any atom is -0.351 e. The lowest BCUT2D eigenvalue weighted by molar-refractivity contribution is -0.137. The van der Waals surface area contributed by atoms with Crippen molar-refractivity contribution < 1.29 is 35.5 Å². The highest BCUT2D eigenvalue weighted by molar-refractivity contribution is 7.91. The number of halogens is 4. The molecule has 0 aromatic heterocycles. The van der Waals surface area contributed by atoms with Crippen LogP contribution in [0.4, 0.5) is 17.6 Å². The number of carbonyl (C=O) groups excluding carboxylic acids is 1. The molecule has 2 aromatic rings. The molecule has 4 atom stereocenters. The first-order valence-electron chi connectivity index (χ1n) is 13.4. The number of amides is 1. The first-order chi connectivity index (χ1) is 18.5. The zero-order valence-electron chi connectivity index (χ0n) is 21.6. The molecule has 3 aliphatic rings. The van der Waals surface area contributed by atoms with Crippen LogP contribution in [-0.4, -0.2) is 49.9 Å². The van der Waals surface area contributed by atoms with E-state index < -0.39 is 39.7 Å². The highest BCUT2D eigenvalue weighted by atomic mass is 32.2. The Labute approximate surface area is 225 Å². The van der Waals surface area contributed by atoms with E-state index in [1.165, 1.54) is 18.2 Å². The first-order valence-corrected chi connectivity index (χ1v) is 15.1. The average molecular weight is 569 g/mol. The molecule has 0 bridgehead atoms. The molecule has 6 nitrogen and oxygen atoms in total. The Bertz CT molecular complexity index is 1330. The number of sulfone groups is 1. The Morgan fingerprint density at radius 1 is 1.13 bits per heavy atom. The predicted octanol–water partition coefficient (Wildman–Crippen LogP) is 5.49. The molecule has 212 valence electrons. The molecular weight excluding hydrogens is 536 g/mol. The highest BCUT2D eigenvalue weighted by Crippen LogP contribution is 2.45. The van der Waals surface area contributed by atoms with E-state index in [9.17, 15) is 30.8 Å². The summed E-state index contributed by atoms with van der Waals surface area (Å²) >= 11 is 0. The number of rotatable bonds is 9. The second kappa shape index (κ2) is 10.8. The van der Waals surface area contributed by atoms with Gasteiger partial charge in [-0.05, 0) is 74.8 Å². The molecule has 1 N–H and O–H groups in total. The molecule has 39 heavy (non-hydrogen) atoms. The van der Waals surface area contributed by atoms with Crippen LogP contribution < -0.4 is 5.32 Å². The van der Waals surface area contributed by atoms with Crippen LogP contribution in [0.5, 0.6) is 0 Å². The number of epoxide rings is 1. The van der Waals surface area contributed by atoms with Gasteiger partial charge in [-0.1, -0.05) is 19.1 Å². The van der Waals surface area contributed by atoms with E-state index in [0.29, 0.717) is 31.0 Å². The third-order valence-corrected chi connectivity index (χ3v) is 9.65. The van der Waals surface area contributed by atoms with Crippen LogP contribution in [0.2, 0.25) is 0 Å². The summed E-state index contributed by atoms with van der Waals surface area (Å²) in [6.45, 7) is 2.28. The van der Waals surface area contributed by atoms with Crippen molar-refractivity contribution in [3.8, 4) is 0 Å². The molecule has 11 heteroatoms. The monoisotopic (exact) mass is 568 g/mol. The van der Waals surface area contributed by atoms with Crippen LogP contribution in [0.1, 0.15) is 73.0 Å². The van der Waals surface area contributed by atoms with Gasteiger partial charge in [0.2, 0.25) is 0 Å². The fraction of sp³-hybridized carbons (Fsp3) is 0.536. The van der Waals surface area contributed by atoms with Gasteiger partial charge in [-0.2, -0.15) is 13.2 Å². The van der Waals surface area contributed by atoms with Crippen molar-refractivity contribution >= 4 is 15.7 Å². The Kier molecular flexibility index (Phi) is 7.78. The van der Waals surface area contributed by atoms with Gasteiger partial charge in [-0.15, -0.1) is 0 Å². The smallest absolute Gasteiger partial charge is 0.351 e. The molecular formula is C28H32F4N2O4S. The number of ether oxygens (including phenoxy) is 1. The summed E-state index contributed by atoms with van der Waals surface area (Å²) in [7, 11) is -3.48. The van der Waals surface area contributed by atoms with Crippen molar-refractivity contribution in [1.82, 2.24) is 10.2 Å². The van der Waals surface area contributed by atoms with E-state index in [-0.39, 0.29) is 40.2 Å². The maximum absolute atomic E-state index is 14.8. The molecule has 2 unspecified atom stereocenters. The summed E-state index contributed by atoms with van der Waals surface area (Å²) in [5.74, 6) is -1.08. The summed E-state index contributed by atoms with van der Waals surface area (Å²) < 4.78 is 84.9. The van der Waals surface area contributed by atoms with Crippen LogP contribution in [-0.2, 0) is 20.8 Å². The molecule has 1 saturated carbocycles. The number of likely N-dealkylation sites (tertiary alicyclic amines) is 1. The fourth-order valence-electron chi connectivity index (χ4n) is 5.52. The molecule has 1 amide bonds. The van der Waals surface area contributed by atoms with Crippen molar-refractivity contribution in [2.45, 2.75) is 80.9 Å². The van der Waals surface area contributed by atoms with Gasteiger partial charge >= 0.3 is 6.18 Å². The summed E-state index contributed by atoms with van der Waals surface area (Å²) in [5.41, 5.74) is -0.546. The molecule has 2 aliphatic heterocycles. The summed E-state index contributed by atoms with van der Waals surface area (Å²) in [5, 5.41) is 3.30. The second-order valence-corrected chi connectivity index (χ2v) is 12.8. The third kappa shape index (κ3) is 6.15. The number of carbonyl (C=O) groups is 1. The number of alkyl halides is 3. The normalized spacial score (nSPS) is 24.4. The van der Waals surface area contributed by atoms with Gasteiger partial charge in [0.05, 0.1) is 22.3 Å². The van der Waals surface area contributed by atoms with Gasteiger partial charge in [0.1, 0.15) is 18.1 Å². The number of hydrogen-bond acceptors (Lipinski definition) is 5. The minimum atomic E-state index is -4.62. The molecule has 3 fully saturated rings.